The molecule has 130 valence electrons. The normalized spacial score (nSPS) is 11.0. The Labute approximate surface area is 154 Å². The Morgan fingerprint density at radius 1 is 0.962 bits per heavy atom. The summed E-state index contributed by atoms with van der Waals surface area (Å²) in [6.07, 6.45) is 1.73. The zero-order chi connectivity index (χ0) is 17.9. The topological polar surface area (TPSA) is 55.6 Å². The number of benzene rings is 2. The van der Waals surface area contributed by atoms with Crippen molar-refractivity contribution in [2.24, 2.45) is 0 Å². The van der Waals surface area contributed by atoms with Crippen molar-refractivity contribution >= 4 is 28.6 Å². The monoisotopic (exact) mass is 367 g/mol. The largest absolute Gasteiger partial charge is 0.364 e. The van der Waals surface area contributed by atoms with Crippen LogP contribution < -0.4 is 5.32 Å². The quantitative estimate of drug-likeness (QED) is 0.535. The van der Waals surface area contributed by atoms with Crippen LogP contribution in [0.5, 0.6) is 0 Å². The molecule has 0 spiro atoms. The number of aromatic nitrogens is 4. The second-order valence-corrected chi connectivity index (χ2v) is 6.19. The minimum absolute atomic E-state index is 0.147. The number of nitrogens with one attached hydrogen (secondary N) is 1. The SMILES string of the molecule is Fc1ccc(CNc2nc(Cl)nc3c2ncn3Cc2ccccc2)cc1. The molecule has 0 fully saturated rings. The lowest BCUT2D eigenvalue weighted by Gasteiger charge is -2.08. The fourth-order valence-corrected chi connectivity index (χ4v) is 2.89. The van der Waals surface area contributed by atoms with Crippen molar-refractivity contribution in [2.75, 3.05) is 5.32 Å². The van der Waals surface area contributed by atoms with Gasteiger partial charge < -0.3 is 9.88 Å². The Morgan fingerprint density at radius 2 is 1.73 bits per heavy atom. The Morgan fingerprint density at radius 3 is 2.50 bits per heavy atom. The summed E-state index contributed by atoms with van der Waals surface area (Å²) in [4.78, 5) is 13.0. The van der Waals surface area contributed by atoms with Crippen LogP contribution in [0.4, 0.5) is 10.2 Å². The number of nitrogens with zero attached hydrogens (tertiary/aromatic N) is 4. The maximum absolute atomic E-state index is 13.0. The third kappa shape index (κ3) is 3.50. The third-order valence-electron chi connectivity index (χ3n) is 4.01. The molecule has 0 bridgehead atoms. The van der Waals surface area contributed by atoms with Crippen LogP contribution in [0.3, 0.4) is 0 Å². The van der Waals surface area contributed by atoms with Gasteiger partial charge in [-0.25, -0.2) is 9.37 Å². The summed E-state index contributed by atoms with van der Waals surface area (Å²) in [6.45, 7) is 1.12. The summed E-state index contributed by atoms with van der Waals surface area (Å²) in [5.74, 6) is 0.289. The van der Waals surface area contributed by atoms with Gasteiger partial charge in [-0.2, -0.15) is 9.97 Å². The highest BCUT2D eigenvalue weighted by molar-refractivity contribution is 6.28. The highest BCUT2D eigenvalue weighted by Gasteiger charge is 2.13. The van der Waals surface area contributed by atoms with E-state index in [2.05, 4.69) is 20.3 Å². The molecule has 0 unspecified atom stereocenters. The Balaban J connectivity index is 1.62. The molecule has 0 radical (unpaired) electrons. The molecule has 0 aliphatic rings. The zero-order valence-electron chi connectivity index (χ0n) is 13.7. The number of anilines is 1. The van der Waals surface area contributed by atoms with Crippen LogP contribution in [0.1, 0.15) is 11.1 Å². The smallest absolute Gasteiger partial charge is 0.226 e. The Hall–Kier alpha value is -2.99. The molecule has 0 atom stereocenters. The third-order valence-corrected chi connectivity index (χ3v) is 4.17. The average Bonchev–Trinajstić information content (AvgIpc) is 3.04. The zero-order valence-corrected chi connectivity index (χ0v) is 14.5. The Bertz CT molecular complexity index is 1030. The second kappa shape index (κ2) is 7.09. The van der Waals surface area contributed by atoms with Gasteiger partial charge in [0.2, 0.25) is 5.28 Å². The molecule has 0 aliphatic carbocycles. The lowest BCUT2D eigenvalue weighted by Crippen LogP contribution is -2.05. The van der Waals surface area contributed by atoms with Crippen LogP contribution >= 0.6 is 11.6 Å². The lowest BCUT2D eigenvalue weighted by molar-refractivity contribution is 0.627. The highest BCUT2D eigenvalue weighted by atomic mass is 35.5. The summed E-state index contributed by atoms with van der Waals surface area (Å²) in [5, 5.41) is 3.35. The number of hydrogen-bond acceptors (Lipinski definition) is 4. The van der Waals surface area contributed by atoms with E-state index in [1.165, 1.54) is 12.1 Å². The first-order valence-corrected chi connectivity index (χ1v) is 8.47. The van der Waals surface area contributed by atoms with Gasteiger partial charge in [-0.3, -0.25) is 0 Å². The fourth-order valence-electron chi connectivity index (χ4n) is 2.72. The van der Waals surface area contributed by atoms with Crippen molar-refractivity contribution in [2.45, 2.75) is 13.1 Å². The Kier molecular flexibility index (Phi) is 4.50. The van der Waals surface area contributed by atoms with Crippen molar-refractivity contribution in [1.29, 1.82) is 0 Å². The molecule has 26 heavy (non-hydrogen) atoms. The average molecular weight is 368 g/mol. The predicted octanol–water partition coefficient (Wildman–Crippen LogP) is 4.28. The van der Waals surface area contributed by atoms with Crippen LogP contribution in [0.15, 0.2) is 60.9 Å². The van der Waals surface area contributed by atoms with E-state index in [-0.39, 0.29) is 11.1 Å². The minimum Gasteiger partial charge on any atom is -0.364 e. The maximum atomic E-state index is 13.0. The molecular weight excluding hydrogens is 353 g/mol. The second-order valence-electron chi connectivity index (χ2n) is 5.85. The molecule has 7 heteroatoms. The lowest BCUT2D eigenvalue weighted by atomic mass is 10.2. The molecule has 2 aromatic heterocycles. The molecule has 0 amide bonds. The molecule has 0 saturated carbocycles. The van der Waals surface area contributed by atoms with Crippen molar-refractivity contribution in [1.82, 2.24) is 19.5 Å². The van der Waals surface area contributed by atoms with Crippen LogP contribution in [0.25, 0.3) is 11.2 Å². The molecule has 4 aromatic rings. The van der Waals surface area contributed by atoms with E-state index in [0.717, 1.165) is 11.1 Å². The fraction of sp³-hybridized carbons (Fsp3) is 0.105. The van der Waals surface area contributed by atoms with Gasteiger partial charge in [0.15, 0.2) is 17.0 Å². The highest BCUT2D eigenvalue weighted by Crippen LogP contribution is 2.22. The van der Waals surface area contributed by atoms with E-state index < -0.39 is 0 Å². The summed E-state index contributed by atoms with van der Waals surface area (Å²) >= 11 is 6.11. The summed E-state index contributed by atoms with van der Waals surface area (Å²) in [6, 6.07) is 16.3. The molecule has 5 nitrogen and oxygen atoms in total. The first-order chi connectivity index (χ1) is 12.7. The molecule has 0 saturated heterocycles. The number of imidazole rings is 1. The molecule has 0 aliphatic heterocycles. The molecule has 4 rings (SSSR count). The van der Waals surface area contributed by atoms with Crippen LogP contribution in [-0.2, 0) is 13.1 Å². The first kappa shape index (κ1) is 16.5. The van der Waals surface area contributed by atoms with Gasteiger partial charge >= 0.3 is 0 Å². The van der Waals surface area contributed by atoms with Gasteiger partial charge in [-0.15, -0.1) is 0 Å². The molecule has 2 heterocycles. The molecular formula is C19H15ClFN5. The van der Waals surface area contributed by atoms with Gasteiger partial charge in [0.1, 0.15) is 5.82 Å². The van der Waals surface area contributed by atoms with E-state index in [4.69, 9.17) is 11.6 Å². The summed E-state index contributed by atoms with van der Waals surface area (Å²) in [5.41, 5.74) is 3.38. The number of fused-ring (bicyclic) bond motifs is 1. The minimum atomic E-state index is -0.263. The number of halogens is 2. The van der Waals surface area contributed by atoms with Crippen molar-refractivity contribution in [3.8, 4) is 0 Å². The predicted molar refractivity (Wildman–Crippen MR) is 99.6 cm³/mol. The van der Waals surface area contributed by atoms with E-state index in [1.54, 1.807) is 18.5 Å². The van der Waals surface area contributed by atoms with E-state index >= 15 is 0 Å². The van der Waals surface area contributed by atoms with Gasteiger partial charge in [0.25, 0.3) is 0 Å². The van der Waals surface area contributed by atoms with Crippen molar-refractivity contribution in [3.05, 3.63) is 83.2 Å². The first-order valence-electron chi connectivity index (χ1n) is 8.09. The van der Waals surface area contributed by atoms with Crippen LogP contribution in [0, 0.1) is 5.82 Å². The van der Waals surface area contributed by atoms with Gasteiger partial charge in [-0.05, 0) is 34.9 Å². The number of hydrogen-bond donors (Lipinski definition) is 1. The standard InChI is InChI=1S/C19H15ClFN5/c20-19-24-17(22-10-13-6-8-15(21)9-7-13)16-18(25-19)26(12-23-16)11-14-4-2-1-3-5-14/h1-9,12H,10-11H2,(H,22,24,25). The van der Waals surface area contributed by atoms with Gasteiger partial charge in [-0.1, -0.05) is 42.5 Å². The van der Waals surface area contributed by atoms with E-state index in [9.17, 15) is 4.39 Å². The van der Waals surface area contributed by atoms with Gasteiger partial charge in [0, 0.05) is 6.54 Å². The molecule has 2 aromatic carbocycles. The van der Waals surface area contributed by atoms with Crippen LogP contribution in [0.2, 0.25) is 5.28 Å². The van der Waals surface area contributed by atoms with Crippen molar-refractivity contribution in [3.63, 3.8) is 0 Å². The summed E-state index contributed by atoms with van der Waals surface area (Å²) < 4.78 is 15.0. The van der Waals surface area contributed by atoms with E-state index in [0.29, 0.717) is 30.1 Å². The van der Waals surface area contributed by atoms with Gasteiger partial charge in [0.05, 0.1) is 12.9 Å². The van der Waals surface area contributed by atoms with Crippen LogP contribution in [-0.4, -0.2) is 19.5 Å². The van der Waals surface area contributed by atoms with E-state index in [1.807, 2.05) is 34.9 Å². The van der Waals surface area contributed by atoms with Crippen molar-refractivity contribution < 1.29 is 4.39 Å². The summed E-state index contributed by atoms with van der Waals surface area (Å²) in [7, 11) is 0. The maximum Gasteiger partial charge on any atom is 0.226 e. The number of rotatable bonds is 5. The molecule has 1 N–H and O–H groups in total.